The lowest BCUT2D eigenvalue weighted by Gasteiger charge is -2.19. The third kappa shape index (κ3) is 4.28. The Morgan fingerprint density at radius 2 is 1.45 bits per heavy atom. The van der Waals surface area contributed by atoms with Crippen molar-refractivity contribution >= 4 is 5.91 Å². The quantitative estimate of drug-likeness (QED) is 0.916. The Kier molecular flexibility index (Phi) is 5.09. The average Bonchev–Trinajstić information content (AvgIpc) is 2.50. The molecule has 3 nitrogen and oxygen atoms in total. The standard InChI is InChI=1S/C17H17F2NO2/c1-11(13-3-5-14(18)6-4-13)20-17(21)12(2)22-16-9-7-15(19)8-10-16/h3-12H,1-2H3,(H,20,21). The van der Waals surface area contributed by atoms with Crippen LogP contribution in [0.5, 0.6) is 5.75 Å². The molecular weight excluding hydrogens is 288 g/mol. The van der Waals surface area contributed by atoms with Gasteiger partial charge in [0.1, 0.15) is 17.4 Å². The summed E-state index contributed by atoms with van der Waals surface area (Å²) in [7, 11) is 0. The van der Waals surface area contributed by atoms with Crippen LogP contribution in [0.3, 0.4) is 0 Å². The minimum Gasteiger partial charge on any atom is -0.481 e. The maximum atomic E-state index is 12.9. The van der Waals surface area contributed by atoms with E-state index in [9.17, 15) is 13.6 Å². The number of hydrogen-bond acceptors (Lipinski definition) is 2. The van der Waals surface area contributed by atoms with Crippen LogP contribution in [0.1, 0.15) is 25.5 Å². The lowest BCUT2D eigenvalue weighted by Crippen LogP contribution is -2.37. The third-order valence-corrected chi connectivity index (χ3v) is 3.22. The van der Waals surface area contributed by atoms with Crippen LogP contribution in [0.15, 0.2) is 48.5 Å². The van der Waals surface area contributed by atoms with Gasteiger partial charge in [-0.2, -0.15) is 0 Å². The highest BCUT2D eigenvalue weighted by atomic mass is 19.1. The Balaban J connectivity index is 1.93. The first-order chi connectivity index (χ1) is 10.5. The molecule has 2 aromatic rings. The summed E-state index contributed by atoms with van der Waals surface area (Å²) in [6.07, 6.45) is -0.728. The molecule has 2 atom stereocenters. The monoisotopic (exact) mass is 305 g/mol. The van der Waals surface area contributed by atoms with E-state index in [1.807, 2.05) is 0 Å². The maximum Gasteiger partial charge on any atom is 0.261 e. The van der Waals surface area contributed by atoms with Crippen LogP contribution in [-0.4, -0.2) is 12.0 Å². The molecule has 2 unspecified atom stereocenters. The van der Waals surface area contributed by atoms with Gasteiger partial charge in [-0.3, -0.25) is 4.79 Å². The molecule has 1 N–H and O–H groups in total. The SMILES string of the molecule is CC(Oc1ccc(F)cc1)C(=O)NC(C)c1ccc(F)cc1. The zero-order chi connectivity index (χ0) is 16.1. The van der Waals surface area contributed by atoms with Crippen molar-refractivity contribution in [1.82, 2.24) is 5.32 Å². The van der Waals surface area contributed by atoms with Crippen LogP contribution in [0.2, 0.25) is 0 Å². The Morgan fingerprint density at radius 1 is 0.955 bits per heavy atom. The zero-order valence-electron chi connectivity index (χ0n) is 12.3. The van der Waals surface area contributed by atoms with E-state index in [-0.39, 0.29) is 23.6 Å². The first kappa shape index (κ1) is 15.9. The fraction of sp³-hybridized carbons (Fsp3) is 0.235. The molecule has 0 radical (unpaired) electrons. The van der Waals surface area contributed by atoms with Crippen LogP contribution in [-0.2, 0) is 4.79 Å². The summed E-state index contributed by atoms with van der Waals surface area (Å²) in [4.78, 5) is 12.1. The molecule has 116 valence electrons. The van der Waals surface area contributed by atoms with Crippen molar-refractivity contribution in [2.75, 3.05) is 0 Å². The number of amides is 1. The number of hydrogen-bond donors (Lipinski definition) is 1. The van der Waals surface area contributed by atoms with Gasteiger partial charge in [-0.05, 0) is 55.8 Å². The zero-order valence-corrected chi connectivity index (χ0v) is 12.3. The van der Waals surface area contributed by atoms with E-state index in [1.54, 1.807) is 26.0 Å². The summed E-state index contributed by atoms with van der Waals surface area (Å²) >= 11 is 0. The predicted octanol–water partition coefficient (Wildman–Crippen LogP) is 3.61. The highest BCUT2D eigenvalue weighted by Crippen LogP contribution is 2.15. The van der Waals surface area contributed by atoms with Crippen molar-refractivity contribution in [1.29, 1.82) is 0 Å². The number of halogens is 2. The lowest BCUT2D eigenvalue weighted by molar-refractivity contribution is -0.127. The first-order valence-corrected chi connectivity index (χ1v) is 6.94. The number of rotatable bonds is 5. The van der Waals surface area contributed by atoms with Gasteiger partial charge in [0.05, 0.1) is 6.04 Å². The largest absolute Gasteiger partial charge is 0.481 e. The van der Waals surface area contributed by atoms with Crippen molar-refractivity contribution in [2.45, 2.75) is 26.0 Å². The summed E-state index contributed by atoms with van der Waals surface area (Å²) in [5, 5.41) is 2.79. The lowest BCUT2D eigenvalue weighted by atomic mass is 10.1. The van der Waals surface area contributed by atoms with E-state index in [1.165, 1.54) is 36.4 Å². The molecule has 2 rings (SSSR count). The second kappa shape index (κ2) is 7.02. The number of benzene rings is 2. The molecule has 2 aromatic carbocycles. The van der Waals surface area contributed by atoms with Gasteiger partial charge in [0.15, 0.2) is 6.10 Å². The summed E-state index contributed by atoms with van der Waals surface area (Å²) in [5.74, 6) is -0.579. The number of ether oxygens (including phenoxy) is 1. The summed E-state index contributed by atoms with van der Waals surface area (Å²) in [6, 6.07) is 11.1. The molecule has 0 aliphatic carbocycles. The molecule has 0 bridgehead atoms. The van der Waals surface area contributed by atoms with Crippen molar-refractivity contribution in [3.05, 3.63) is 65.7 Å². The van der Waals surface area contributed by atoms with Crippen molar-refractivity contribution in [3.63, 3.8) is 0 Å². The molecule has 22 heavy (non-hydrogen) atoms. The van der Waals surface area contributed by atoms with Crippen molar-refractivity contribution in [2.24, 2.45) is 0 Å². The molecule has 1 amide bonds. The molecule has 0 aromatic heterocycles. The van der Waals surface area contributed by atoms with E-state index in [0.717, 1.165) is 5.56 Å². The fourth-order valence-corrected chi connectivity index (χ4v) is 1.94. The molecule has 0 saturated carbocycles. The minimum atomic E-state index is -0.728. The molecule has 0 aliphatic rings. The van der Waals surface area contributed by atoms with E-state index < -0.39 is 6.10 Å². The van der Waals surface area contributed by atoms with Crippen LogP contribution < -0.4 is 10.1 Å². The van der Waals surface area contributed by atoms with Crippen molar-refractivity contribution in [3.8, 4) is 5.75 Å². The second-order valence-corrected chi connectivity index (χ2v) is 5.00. The van der Waals surface area contributed by atoms with Gasteiger partial charge in [0.25, 0.3) is 5.91 Å². The Hall–Kier alpha value is -2.43. The molecule has 0 saturated heterocycles. The fourth-order valence-electron chi connectivity index (χ4n) is 1.94. The number of carbonyl (C=O) groups excluding carboxylic acids is 1. The highest BCUT2D eigenvalue weighted by molar-refractivity contribution is 5.81. The van der Waals surface area contributed by atoms with Gasteiger partial charge < -0.3 is 10.1 Å². The normalized spacial score (nSPS) is 13.3. The summed E-state index contributed by atoms with van der Waals surface area (Å²) in [6.45, 7) is 3.41. The second-order valence-electron chi connectivity index (χ2n) is 5.00. The Bertz CT molecular complexity index is 626. The van der Waals surface area contributed by atoms with Crippen LogP contribution >= 0.6 is 0 Å². The molecule has 0 spiro atoms. The van der Waals surface area contributed by atoms with Gasteiger partial charge in [-0.1, -0.05) is 12.1 Å². The van der Waals surface area contributed by atoms with Gasteiger partial charge in [0.2, 0.25) is 0 Å². The minimum absolute atomic E-state index is 0.271. The predicted molar refractivity (Wildman–Crippen MR) is 79.4 cm³/mol. The number of nitrogens with one attached hydrogen (secondary N) is 1. The topological polar surface area (TPSA) is 38.3 Å². The van der Waals surface area contributed by atoms with Gasteiger partial charge in [-0.15, -0.1) is 0 Å². The molecule has 5 heteroatoms. The van der Waals surface area contributed by atoms with E-state index in [0.29, 0.717) is 5.75 Å². The first-order valence-electron chi connectivity index (χ1n) is 6.94. The Morgan fingerprint density at radius 3 is 2.00 bits per heavy atom. The van der Waals surface area contributed by atoms with Crippen molar-refractivity contribution < 1.29 is 18.3 Å². The molecule has 0 fully saturated rings. The van der Waals surface area contributed by atoms with Crippen LogP contribution in [0.4, 0.5) is 8.78 Å². The molecule has 0 heterocycles. The third-order valence-electron chi connectivity index (χ3n) is 3.22. The van der Waals surface area contributed by atoms with Crippen LogP contribution in [0, 0.1) is 11.6 Å². The molecular formula is C17H17F2NO2. The Labute approximate surface area is 127 Å². The highest BCUT2D eigenvalue weighted by Gasteiger charge is 2.17. The van der Waals surface area contributed by atoms with E-state index >= 15 is 0 Å². The van der Waals surface area contributed by atoms with Gasteiger partial charge in [-0.25, -0.2) is 8.78 Å². The summed E-state index contributed by atoms with van der Waals surface area (Å²) in [5.41, 5.74) is 0.795. The van der Waals surface area contributed by atoms with E-state index in [2.05, 4.69) is 5.32 Å². The summed E-state index contributed by atoms with van der Waals surface area (Å²) < 4.78 is 31.1. The number of carbonyl (C=O) groups is 1. The molecule has 0 aliphatic heterocycles. The van der Waals surface area contributed by atoms with Gasteiger partial charge in [0, 0.05) is 0 Å². The van der Waals surface area contributed by atoms with Crippen LogP contribution in [0.25, 0.3) is 0 Å². The smallest absolute Gasteiger partial charge is 0.261 e. The average molecular weight is 305 g/mol. The maximum absolute atomic E-state index is 12.9. The van der Waals surface area contributed by atoms with E-state index in [4.69, 9.17) is 4.74 Å². The van der Waals surface area contributed by atoms with Gasteiger partial charge >= 0.3 is 0 Å².